The third-order valence-corrected chi connectivity index (χ3v) is 5.19. The summed E-state index contributed by atoms with van der Waals surface area (Å²) in [6.45, 7) is 6.62. The second-order valence-corrected chi connectivity index (χ2v) is 7.70. The number of hydrogen-bond donors (Lipinski definition) is 5. The van der Waals surface area contributed by atoms with Crippen molar-refractivity contribution in [2.45, 2.75) is 69.1 Å². The summed E-state index contributed by atoms with van der Waals surface area (Å²) in [5.41, 5.74) is 5.43. The van der Waals surface area contributed by atoms with Crippen molar-refractivity contribution in [1.82, 2.24) is 10.6 Å². The van der Waals surface area contributed by atoms with Crippen LogP contribution in [0.4, 0.5) is 0 Å². The maximum Gasteiger partial charge on any atom is 0.250 e. The van der Waals surface area contributed by atoms with E-state index >= 15 is 0 Å². The molecule has 0 aromatic carbocycles. The van der Waals surface area contributed by atoms with E-state index in [1.807, 2.05) is 0 Å². The van der Waals surface area contributed by atoms with Gasteiger partial charge in [-0.15, -0.1) is 0 Å². The van der Waals surface area contributed by atoms with E-state index in [1.165, 1.54) is 11.8 Å². The first kappa shape index (κ1) is 23.6. The predicted octanol–water partition coefficient (Wildman–Crippen LogP) is -0.575. The van der Waals surface area contributed by atoms with Crippen LogP contribution in [0.15, 0.2) is 0 Å². The predicted molar refractivity (Wildman–Crippen MR) is 103 cm³/mol. The summed E-state index contributed by atoms with van der Waals surface area (Å²) in [5, 5.41) is 26.1. The summed E-state index contributed by atoms with van der Waals surface area (Å²) in [6, 6.07) is 0. The van der Waals surface area contributed by atoms with Gasteiger partial charge in [0.25, 0.3) is 5.91 Å². The number of hydrogen-bond acceptors (Lipinski definition) is 8. The van der Waals surface area contributed by atoms with Crippen molar-refractivity contribution >= 4 is 17.7 Å². The SMILES string of the molecule is CSC1C(C(=O)NCCCCNCCCN)OC(OC(C)C)C(O)C1O. The zero-order valence-corrected chi connectivity index (χ0v) is 16.8. The van der Waals surface area contributed by atoms with E-state index in [1.54, 1.807) is 20.1 Å². The summed E-state index contributed by atoms with van der Waals surface area (Å²) in [6.07, 6.45) is 0.177. The molecule has 26 heavy (non-hydrogen) atoms. The number of amides is 1. The van der Waals surface area contributed by atoms with Crippen LogP contribution in [0.2, 0.25) is 0 Å². The topological polar surface area (TPSA) is 126 Å². The fraction of sp³-hybridized carbons (Fsp3) is 0.941. The number of nitrogens with two attached hydrogens (primary N) is 1. The Morgan fingerprint density at radius 2 is 1.85 bits per heavy atom. The highest BCUT2D eigenvalue weighted by molar-refractivity contribution is 7.99. The molecule has 0 radical (unpaired) electrons. The minimum Gasteiger partial charge on any atom is -0.389 e. The number of ether oxygens (including phenoxy) is 2. The molecule has 5 unspecified atom stereocenters. The number of thioether (sulfide) groups is 1. The van der Waals surface area contributed by atoms with Crippen LogP contribution in [0.5, 0.6) is 0 Å². The number of rotatable bonds is 12. The average molecular weight is 394 g/mol. The lowest BCUT2D eigenvalue weighted by Crippen LogP contribution is -2.61. The van der Waals surface area contributed by atoms with E-state index in [0.29, 0.717) is 13.1 Å². The van der Waals surface area contributed by atoms with Crippen LogP contribution >= 0.6 is 11.8 Å². The van der Waals surface area contributed by atoms with Crippen molar-refractivity contribution in [3.63, 3.8) is 0 Å². The molecule has 6 N–H and O–H groups in total. The van der Waals surface area contributed by atoms with Gasteiger partial charge in [0, 0.05) is 6.54 Å². The standard InChI is InChI=1S/C17H35N3O5S/c1-11(2)24-17-13(22)12(21)15(26-3)14(25-17)16(23)20-10-5-4-8-19-9-6-7-18/h11-15,17,19,21-22H,4-10,18H2,1-3H3,(H,20,23). The molecule has 1 saturated heterocycles. The van der Waals surface area contributed by atoms with Crippen LogP contribution in [0.25, 0.3) is 0 Å². The molecule has 154 valence electrons. The molecule has 0 aromatic rings. The van der Waals surface area contributed by atoms with Gasteiger partial charge < -0.3 is 36.1 Å². The van der Waals surface area contributed by atoms with E-state index in [0.717, 1.165) is 32.4 Å². The first-order valence-corrected chi connectivity index (χ1v) is 10.6. The summed E-state index contributed by atoms with van der Waals surface area (Å²) in [4.78, 5) is 12.5. The van der Waals surface area contributed by atoms with Crippen LogP contribution in [-0.2, 0) is 14.3 Å². The third kappa shape index (κ3) is 7.67. The molecule has 9 heteroatoms. The molecule has 1 amide bonds. The monoisotopic (exact) mass is 393 g/mol. The van der Waals surface area contributed by atoms with E-state index < -0.39 is 29.9 Å². The highest BCUT2D eigenvalue weighted by atomic mass is 32.2. The zero-order valence-electron chi connectivity index (χ0n) is 16.0. The first-order valence-electron chi connectivity index (χ1n) is 9.30. The Hall–Kier alpha value is -0.420. The van der Waals surface area contributed by atoms with Gasteiger partial charge in [-0.25, -0.2) is 0 Å². The summed E-state index contributed by atoms with van der Waals surface area (Å²) < 4.78 is 11.2. The molecule has 1 fully saturated rings. The highest BCUT2D eigenvalue weighted by Gasteiger charge is 2.47. The van der Waals surface area contributed by atoms with Gasteiger partial charge in [-0.2, -0.15) is 11.8 Å². The van der Waals surface area contributed by atoms with Gasteiger partial charge in [0.2, 0.25) is 0 Å². The summed E-state index contributed by atoms with van der Waals surface area (Å²) in [7, 11) is 0. The zero-order chi connectivity index (χ0) is 19.5. The Morgan fingerprint density at radius 3 is 2.46 bits per heavy atom. The largest absolute Gasteiger partial charge is 0.389 e. The number of aliphatic hydroxyl groups excluding tert-OH is 2. The lowest BCUT2D eigenvalue weighted by atomic mass is 10.0. The van der Waals surface area contributed by atoms with Crippen molar-refractivity contribution < 1.29 is 24.5 Å². The molecular weight excluding hydrogens is 358 g/mol. The van der Waals surface area contributed by atoms with Gasteiger partial charge in [0.15, 0.2) is 12.4 Å². The summed E-state index contributed by atoms with van der Waals surface area (Å²) in [5.74, 6) is -0.288. The molecule has 1 rings (SSSR count). The number of unbranched alkanes of at least 4 members (excludes halogenated alkanes) is 1. The van der Waals surface area contributed by atoms with E-state index in [4.69, 9.17) is 15.2 Å². The van der Waals surface area contributed by atoms with Gasteiger partial charge in [-0.3, -0.25) is 4.79 Å². The molecule has 1 aliphatic rings. The molecule has 0 aromatic heterocycles. The quantitative estimate of drug-likeness (QED) is 0.279. The van der Waals surface area contributed by atoms with Crippen LogP contribution in [0.3, 0.4) is 0 Å². The van der Waals surface area contributed by atoms with Crippen LogP contribution < -0.4 is 16.4 Å². The third-order valence-electron chi connectivity index (χ3n) is 4.12. The Balaban J connectivity index is 2.43. The Morgan fingerprint density at radius 1 is 1.19 bits per heavy atom. The smallest absolute Gasteiger partial charge is 0.250 e. The first-order chi connectivity index (χ1) is 12.4. The molecular formula is C17H35N3O5S. The normalized spacial score (nSPS) is 29.1. The van der Waals surface area contributed by atoms with Crippen molar-refractivity contribution in [2.75, 3.05) is 32.4 Å². The maximum atomic E-state index is 12.5. The summed E-state index contributed by atoms with van der Waals surface area (Å²) >= 11 is 1.30. The van der Waals surface area contributed by atoms with Crippen molar-refractivity contribution in [3.05, 3.63) is 0 Å². The highest BCUT2D eigenvalue weighted by Crippen LogP contribution is 2.30. The van der Waals surface area contributed by atoms with Gasteiger partial charge >= 0.3 is 0 Å². The van der Waals surface area contributed by atoms with Gasteiger partial charge in [0.05, 0.1) is 17.5 Å². The number of carbonyl (C=O) groups is 1. The lowest BCUT2D eigenvalue weighted by molar-refractivity contribution is -0.269. The lowest BCUT2D eigenvalue weighted by Gasteiger charge is -2.41. The molecule has 8 nitrogen and oxygen atoms in total. The van der Waals surface area contributed by atoms with Gasteiger partial charge in [0.1, 0.15) is 6.10 Å². The Labute approximate surface area is 160 Å². The fourth-order valence-electron chi connectivity index (χ4n) is 2.73. The molecule has 0 spiro atoms. The fourth-order valence-corrected chi connectivity index (χ4v) is 3.61. The number of aliphatic hydroxyl groups is 2. The Bertz CT molecular complexity index is 403. The molecule has 5 atom stereocenters. The molecule has 1 aliphatic heterocycles. The van der Waals surface area contributed by atoms with Crippen molar-refractivity contribution in [2.24, 2.45) is 5.73 Å². The molecule has 1 heterocycles. The maximum absolute atomic E-state index is 12.5. The number of carbonyl (C=O) groups excluding carboxylic acids is 1. The van der Waals surface area contributed by atoms with Gasteiger partial charge in [-0.1, -0.05) is 0 Å². The van der Waals surface area contributed by atoms with E-state index in [9.17, 15) is 15.0 Å². The molecule has 0 bridgehead atoms. The van der Waals surface area contributed by atoms with Crippen LogP contribution in [0, 0.1) is 0 Å². The molecule has 0 saturated carbocycles. The van der Waals surface area contributed by atoms with E-state index in [-0.39, 0.29) is 12.0 Å². The van der Waals surface area contributed by atoms with Crippen molar-refractivity contribution in [3.8, 4) is 0 Å². The average Bonchev–Trinajstić information content (AvgIpc) is 2.60. The second-order valence-electron chi connectivity index (χ2n) is 6.68. The molecule has 0 aliphatic carbocycles. The van der Waals surface area contributed by atoms with Crippen LogP contribution in [-0.4, -0.2) is 84.5 Å². The van der Waals surface area contributed by atoms with E-state index in [2.05, 4.69) is 10.6 Å². The number of nitrogens with one attached hydrogen (secondary N) is 2. The minimum absolute atomic E-state index is 0.192. The minimum atomic E-state index is -1.18. The van der Waals surface area contributed by atoms with Crippen molar-refractivity contribution in [1.29, 1.82) is 0 Å². The Kier molecular flexibility index (Phi) is 11.7. The second kappa shape index (κ2) is 12.9. The van der Waals surface area contributed by atoms with Crippen LogP contribution in [0.1, 0.15) is 33.1 Å². The van der Waals surface area contributed by atoms with Gasteiger partial charge in [-0.05, 0) is 59.0 Å².